The van der Waals surface area contributed by atoms with Gasteiger partial charge < -0.3 is 20.5 Å². The summed E-state index contributed by atoms with van der Waals surface area (Å²) in [5.41, 5.74) is 0. The SMILES string of the molecule is C.C.C.CCCCCCC(=O)OC.CCCCCCCCCCCCNC(=O)C(CC)CC(C)C(=O)NCCCCCC(=O)O. The van der Waals surface area contributed by atoms with E-state index >= 15 is 0 Å². The van der Waals surface area contributed by atoms with E-state index in [1.165, 1.54) is 71.3 Å². The molecule has 2 atom stereocenters. The van der Waals surface area contributed by atoms with E-state index in [9.17, 15) is 19.2 Å². The fraction of sp³-hybridized carbons (Fsp3) is 0.892. The van der Waals surface area contributed by atoms with Crippen molar-refractivity contribution in [2.45, 2.75) is 185 Å². The molecule has 0 aromatic carbocycles. The van der Waals surface area contributed by atoms with Crippen LogP contribution in [0.25, 0.3) is 0 Å². The monoisotopic (exact) mass is 647 g/mol. The Morgan fingerprint density at radius 3 is 1.44 bits per heavy atom. The van der Waals surface area contributed by atoms with Gasteiger partial charge in [0.2, 0.25) is 11.8 Å². The summed E-state index contributed by atoms with van der Waals surface area (Å²) in [4.78, 5) is 45.8. The third kappa shape index (κ3) is 38.0. The number of hydrogen-bond donors (Lipinski definition) is 3. The average molecular weight is 647 g/mol. The molecule has 0 aliphatic rings. The molecule has 0 saturated carbocycles. The lowest BCUT2D eigenvalue weighted by Gasteiger charge is -2.19. The molecule has 0 rings (SSSR count). The fourth-order valence-electron chi connectivity index (χ4n) is 4.72. The van der Waals surface area contributed by atoms with E-state index in [4.69, 9.17) is 5.11 Å². The van der Waals surface area contributed by atoms with Gasteiger partial charge in [-0.3, -0.25) is 19.2 Å². The molecule has 8 heteroatoms. The highest BCUT2D eigenvalue weighted by atomic mass is 16.5. The molecule has 2 unspecified atom stereocenters. The van der Waals surface area contributed by atoms with E-state index < -0.39 is 5.97 Å². The number of nitrogens with one attached hydrogen (secondary N) is 2. The third-order valence-corrected chi connectivity index (χ3v) is 7.61. The van der Waals surface area contributed by atoms with Crippen molar-refractivity contribution in [3.05, 3.63) is 0 Å². The molecule has 0 saturated heterocycles. The molecule has 0 heterocycles. The van der Waals surface area contributed by atoms with Gasteiger partial charge in [-0.2, -0.15) is 0 Å². The maximum absolute atomic E-state index is 12.5. The number of unbranched alkanes of at least 4 members (excludes halogenated alkanes) is 14. The van der Waals surface area contributed by atoms with E-state index in [2.05, 4.69) is 29.2 Å². The van der Waals surface area contributed by atoms with Crippen LogP contribution in [-0.4, -0.2) is 49.1 Å². The second kappa shape index (κ2) is 39.9. The minimum Gasteiger partial charge on any atom is -0.481 e. The number of carbonyl (C=O) groups is 4. The Bertz CT molecular complexity index is 671. The Balaban J connectivity index is -0.000000352. The Morgan fingerprint density at radius 1 is 0.600 bits per heavy atom. The molecule has 0 bridgehead atoms. The van der Waals surface area contributed by atoms with Crippen LogP contribution < -0.4 is 10.6 Å². The van der Waals surface area contributed by atoms with E-state index in [-0.39, 0.29) is 58.3 Å². The van der Waals surface area contributed by atoms with Gasteiger partial charge in [0.1, 0.15) is 0 Å². The maximum Gasteiger partial charge on any atom is 0.305 e. The standard InChI is InChI=1S/C26H50N2O4.C8H16O2.3CH4/c1-4-6-7-8-9-10-11-12-13-16-20-28-26(32)23(5-2)21-22(3)25(31)27-19-17-14-15-18-24(29)30;1-3-4-5-6-7-8(9)10-2;;;/h22-23H,4-21H2,1-3H3,(H,27,31)(H,28,32)(H,29,30);3-7H2,1-2H3;3*1H4. The van der Waals surface area contributed by atoms with Gasteiger partial charge in [-0.05, 0) is 38.5 Å². The highest BCUT2D eigenvalue weighted by Gasteiger charge is 2.22. The molecular formula is C37H78N2O6. The van der Waals surface area contributed by atoms with Crippen LogP contribution in [0.1, 0.15) is 185 Å². The second-order valence-corrected chi connectivity index (χ2v) is 11.6. The topological polar surface area (TPSA) is 122 Å². The zero-order chi connectivity index (χ0) is 31.8. The summed E-state index contributed by atoms with van der Waals surface area (Å²) in [5.74, 6) is -1.16. The van der Waals surface area contributed by atoms with Crippen molar-refractivity contribution >= 4 is 23.8 Å². The number of esters is 1. The quantitative estimate of drug-likeness (QED) is 0.0603. The second-order valence-electron chi connectivity index (χ2n) is 11.6. The molecule has 3 N–H and O–H groups in total. The largest absolute Gasteiger partial charge is 0.481 e. The van der Waals surface area contributed by atoms with E-state index in [1.54, 1.807) is 0 Å². The molecule has 0 aromatic heterocycles. The molecule has 0 aromatic rings. The number of carboxylic acids is 1. The van der Waals surface area contributed by atoms with Crippen molar-refractivity contribution < 1.29 is 29.0 Å². The van der Waals surface area contributed by atoms with Gasteiger partial charge in [0.15, 0.2) is 0 Å². The van der Waals surface area contributed by atoms with Gasteiger partial charge in [-0.1, -0.05) is 133 Å². The normalized spacial score (nSPS) is 11.2. The van der Waals surface area contributed by atoms with Crippen molar-refractivity contribution in [1.82, 2.24) is 10.6 Å². The highest BCUT2D eigenvalue weighted by Crippen LogP contribution is 2.17. The van der Waals surface area contributed by atoms with Crippen molar-refractivity contribution in [1.29, 1.82) is 0 Å². The maximum atomic E-state index is 12.5. The smallest absolute Gasteiger partial charge is 0.305 e. The first kappa shape index (κ1) is 52.4. The van der Waals surface area contributed by atoms with Crippen molar-refractivity contribution in [2.24, 2.45) is 11.8 Å². The van der Waals surface area contributed by atoms with Crippen LogP contribution in [0.5, 0.6) is 0 Å². The summed E-state index contributed by atoms with van der Waals surface area (Å²) in [6.45, 7) is 9.55. The third-order valence-electron chi connectivity index (χ3n) is 7.61. The predicted octanol–water partition coefficient (Wildman–Crippen LogP) is 9.88. The summed E-state index contributed by atoms with van der Waals surface area (Å²) in [5, 5.41) is 14.6. The van der Waals surface area contributed by atoms with Gasteiger partial charge in [0.05, 0.1) is 7.11 Å². The number of carboxylic acid groups (broad SMARTS) is 1. The molecule has 2 amide bonds. The summed E-state index contributed by atoms with van der Waals surface area (Å²) in [6.07, 6.45) is 21.6. The van der Waals surface area contributed by atoms with Crippen molar-refractivity contribution in [3.8, 4) is 0 Å². The number of rotatable bonds is 27. The lowest BCUT2D eigenvalue weighted by molar-refractivity contribution is -0.141. The Morgan fingerprint density at radius 2 is 1.00 bits per heavy atom. The van der Waals surface area contributed by atoms with Crippen LogP contribution in [0.4, 0.5) is 0 Å². The van der Waals surface area contributed by atoms with E-state index in [0.717, 1.165) is 51.5 Å². The molecule has 45 heavy (non-hydrogen) atoms. The van der Waals surface area contributed by atoms with Crippen LogP contribution in [0.15, 0.2) is 0 Å². The van der Waals surface area contributed by atoms with Crippen molar-refractivity contribution in [2.75, 3.05) is 20.2 Å². The molecular weight excluding hydrogens is 568 g/mol. The average Bonchev–Trinajstić information content (AvgIpc) is 2.98. The van der Waals surface area contributed by atoms with Gasteiger partial charge in [0.25, 0.3) is 0 Å². The highest BCUT2D eigenvalue weighted by molar-refractivity contribution is 5.81. The number of ether oxygens (including phenoxy) is 1. The predicted molar refractivity (Wildman–Crippen MR) is 192 cm³/mol. The molecule has 0 aliphatic carbocycles. The van der Waals surface area contributed by atoms with Gasteiger partial charge in [-0.25, -0.2) is 0 Å². The fourth-order valence-corrected chi connectivity index (χ4v) is 4.72. The Kier molecular flexibility index (Phi) is 46.5. The molecule has 8 nitrogen and oxygen atoms in total. The molecule has 0 spiro atoms. The summed E-state index contributed by atoms with van der Waals surface area (Å²) < 4.78 is 4.49. The van der Waals surface area contributed by atoms with Crippen molar-refractivity contribution in [3.63, 3.8) is 0 Å². The molecule has 0 radical (unpaired) electrons. The zero-order valence-corrected chi connectivity index (χ0v) is 27.9. The lowest BCUT2D eigenvalue weighted by atomic mass is 9.92. The van der Waals surface area contributed by atoms with Crippen LogP contribution in [-0.2, 0) is 23.9 Å². The molecule has 0 fully saturated rings. The van der Waals surface area contributed by atoms with Gasteiger partial charge in [0, 0.05) is 37.8 Å². The first-order valence-electron chi connectivity index (χ1n) is 17.1. The summed E-state index contributed by atoms with van der Waals surface area (Å²) in [6, 6.07) is 0. The number of carbonyl (C=O) groups excluding carboxylic acids is 3. The van der Waals surface area contributed by atoms with E-state index in [0.29, 0.717) is 25.8 Å². The number of methoxy groups -OCH3 is 1. The van der Waals surface area contributed by atoms with Crippen LogP contribution in [0.2, 0.25) is 0 Å². The minimum atomic E-state index is -0.778. The Hall–Kier alpha value is -2.12. The molecule has 272 valence electrons. The minimum absolute atomic E-state index is 0. The van der Waals surface area contributed by atoms with Crippen LogP contribution >= 0.6 is 0 Å². The molecule has 0 aliphatic heterocycles. The van der Waals surface area contributed by atoms with Crippen LogP contribution in [0, 0.1) is 11.8 Å². The lowest BCUT2D eigenvalue weighted by Crippen LogP contribution is -2.36. The first-order chi connectivity index (χ1) is 20.2. The summed E-state index contributed by atoms with van der Waals surface area (Å²) >= 11 is 0. The number of amides is 2. The number of hydrogen-bond acceptors (Lipinski definition) is 5. The van der Waals surface area contributed by atoms with Gasteiger partial charge >= 0.3 is 11.9 Å². The first-order valence-corrected chi connectivity index (χ1v) is 17.1. The number of aliphatic carboxylic acids is 1. The van der Waals surface area contributed by atoms with E-state index in [1.807, 2.05) is 13.8 Å². The zero-order valence-electron chi connectivity index (χ0n) is 27.9. The van der Waals surface area contributed by atoms with Gasteiger partial charge in [-0.15, -0.1) is 0 Å². The Labute approximate surface area is 280 Å². The summed E-state index contributed by atoms with van der Waals surface area (Å²) in [7, 11) is 1.43. The van der Waals surface area contributed by atoms with Crippen LogP contribution in [0.3, 0.4) is 0 Å².